The topological polar surface area (TPSA) is 85.6 Å². The Hall–Kier alpha value is -0.586. The second kappa shape index (κ2) is 9.36. The molecule has 1 rings (SSSR count). The number of aliphatic imine (C=N–C) groups is 1. The van der Waals surface area contributed by atoms with E-state index in [4.69, 9.17) is 5.73 Å². The smallest absolute Gasteiger partial charge is 0.266 e. The van der Waals surface area contributed by atoms with Crippen LogP contribution in [0.1, 0.15) is 21.3 Å². The molecule has 0 saturated heterocycles. The molecule has 18 heavy (non-hydrogen) atoms. The Kier molecular flexibility index (Phi) is 10.3. The summed E-state index contributed by atoms with van der Waals surface area (Å²) in [5.41, 5.74) is 7.58. The maximum Gasteiger partial charge on any atom is 0.266 e. The van der Waals surface area contributed by atoms with Crippen LogP contribution in [-0.4, -0.2) is 41.7 Å². The first-order chi connectivity index (χ1) is 7.54. The Bertz CT molecular complexity index is 355. The summed E-state index contributed by atoms with van der Waals surface area (Å²) in [5, 5.41) is 2.92. The van der Waals surface area contributed by atoms with Crippen molar-refractivity contribution >= 4 is 17.5 Å². The van der Waals surface area contributed by atoms with Crippen molar-refractivity contribution in [2.24, 2.45) is 4.99 Å². The molecule has 1 atom stereocenters. The molecule has 1 aliphatic rings. The summed E-state index contributed by atoms with van der Waals surface area (Å²) in [7, 11) is 0. The van der Waals surface area contributed by atoms with Crippen LogP contribution in [0.2, 0.25) is 0 Å². The van der Waals surface area contributed by atoms with Crippen LogP contribution in [0, 0.1) is 0 Å². The van der Waals surface area contributed by atoms with E-state index in [1.807, 2.05) is 6.92 Å². The molecule has 0 spiro atoms. The summed E-state index contributed by atoms with van der Waals surface area (Å²) >= 11 is 0. The third-order valence-corrected chi connectivity index (χ3v) is 2.06. The van der Waals surface area contributed by atoms with Gasteiger partial charge in [0.25, 0.3) is 5.91 Å². The van der Waals surface area contributed by atoms with Crippen molar-refractivity contribution in [3.63, 3.8) is 0 Å². The first kappa shape index (κ1) is 19.7. The molecule has 7 heteroatoms. The van der Waals surface area contributed by atoms with E-state index in [9.17, 15) is 9.59 Å². The van der Waals surface area contributed by atoms with Crippen molar-refractivity contribution in [1.29, 1.82) is 0 Å². The summed E-state index contributed by atoms with van der Waals surface area (Å²) in [6.07, 6.45) is 2.47. The number of allylic oxidation sites excluding steroid dienone is 1. The first-order valence-electron chi connectivity index (χ1n) is 5.05. The number of hydrogen-bond acceptors (Lipinski definition) is 4. The van der Waals surface area contributed by atoms with Crippen molar-refractivity contribution in [2.45, 2.75) is 27.4 Å². The molecule has 0 bridgehead atoms. The van der Waals surface area contributed by atoms with E-state index >= 15 is 0 Å². The summed E-state index contributed by atoms with van der Waals surface area (Å²) in [5.74, 6) is -1.11. The molecule has 2 amide bonds. The second-order valence-corrected chi connectivity index (χ2v) is 3.44. The number of nitrogens with zero attached hydrogens (tertiary/aromatic N) is 2. The van der Waals surface area contributed by atoms with Gasteiger partial charge in [0.05, 0.1) is 12.5 Å². The summed E-state index contributed by atoms with van der Waals surface area (Å²) in [6, 6.07) is 0. The normalized spacial score (nSPS) is 18.3. The van der Waals surface area contributed by atoms with Crippen LogP contribution in [0.3, 0.4) is 0 Å². The zero-order valence-corrected chi connectivity index (χ0v) is 12.8. The van der Waals surface area contributed by atoms with Gasteiger partial charge in [-0.05, 0) is 19.5 Å². The van der Waals surface area contributed by atoms with Gasteiger partial charge in [-0.1, -0.05) is 14.4 Å². The van der Waals surface area contributed by atoms with Crippen molar-refractivity contribution in [3.8, 4) is 0 Å². The number of rotatable bonds is 4. The maximum atomic E-state index is 11.9. The van der Waals surface area contributed by atoms with E-state index in [0.717, 1.165) is 0 Å². The molecule has 1 aliphatic heterocycles. The molecule has 0 fully saturated rings. The molecule has 6 nitrogen and oxygen atoms in total. The molecule has 99 valence electrons. The van der Waals surface area contributed by atoms with E-state index in [1.165, 1.54) is 11.1 Å². The number of amides is 2. The van der Waals surface area contributed by atoms with Crippen LogP contribution < -0.4 is 5.32 Å². The Morgan fingerprint density at radius 3 is 2.72 bits per heavy atom. The molecule has 0 aromatic rings. The van der Waals surface area contributed by atoms with E-state index in [0.29, 0.717) is 12.3 Å². The second-order valence-electron chi connectivity index (χ2n) is 3.44. The van der Waals surface area contributed by atoms with Crippen molar-refractivity contribution in [2.75, 3.05) is 13.1 Å². The Morgan fingerprint density at radius 1 is 1.61 bits per heavy atom. The average molecular weight is 328 g/mol. The van der Waals surface area contributed by atoms with Gasteiger partial charge >= 0.3 is 0 Å². The molecule has 1 heterocycles. The van der Waals surface area contributed by atoms with Gasteiger partial charge in [-0.25, -0.2) is 0 Å². The fraction of sp³-hybridized carbons (Fsp3) is 0.545. The van der Waals surface area contributed by atoms with Gasteiger partial charge in [-0.2, -0.15) is 0 Å². The van der Waals surface area contributed by atoms with E-state index in [2.05, 4.69) is 10.3 Å². The molecule has 1 radical (unpaired) electrons. The van der Waals surface area contributed by atoms with Gasteiger partial charge in [0.15, 0.2) is 6.17 Å². The van der Waals surface area contributed by atoms with Gasteiger partial charge in [0.2, 0.25) is 0 Å². The molecule has 2 N–H and O–H groups in total. The predicted octanol–water partition coefficient (Wildman–Crippen LogP) is 0.951. The quantitative estimate of drug-likeness (QED) is 0.834. The van der Waals surface area contributed by atoms with Crippen LogP contribution >= 0.6 is 0 Å². The predicted molar refractivity (Wildman–Crippen MR) is 67.5 cm³/mol. The standard InChI is InChI=1S/C10H16N4O2.CH4.Y/c1-3-12-9-10(16)14(6-8(11)15)5-4-7(2)13-9;;/h4-5,9,12H,3,6H2,1-2H3,(H2,11,15);1H4;/p-1. The molecule has 0 aromatic carbocycles. The largest absolute Gasteiger partial charge is 0.666 e. The fourth-order valence-electron chi connectivity index (χ4n) is 1.34. The fourth-order valence-corrected chi connectivity index (χ4v) is 1.34. The average Bonchev–Trinajstić information content (AvgIpc) is 2.32. The van der Waals surface area contributed by atoms with Gasteiger partial charge in [-0.15, -0.1) is 0 Å². The number of carbonyl (C=O) groups is 2. The molecular weight excluding hydrogens is 309 g/mol. The minimum absolute atomic E-state index is 0. The van der Waals surface area contributed by atoms with Crippen LogP contribution in [-0.2, 0) is 42.3 Å². The zero-order valence-electron chi connectivity index (χ0n) is 9.93. The Labute approximate surface area is 133 Å². The van der Waals surface area contributed by atoms with E-state index in [1.54, 1.807) is 13.0 Å². The Morgan fingerprint density at radius 2 is 2.22 bits per heavy atom. The number of hydrogen-bond donors (Lipinski definition) is 1. The van der Waals surface area contributed by atoms with Crippen LogP contribution in [0.5, 0.6) is 0 Å². The maximum absolute atomic E-state index is 11.9. The van der Waals surface area contributed by atoms with Gasteiger partial charge in [0.1, 0.15) is 0 Å². The van der Waals surface area contributed by atoms with Gasteiger partial charge < -0.3 is 15.4 Å². The number of likely N-dealkylation sites (N-methyl/N-ethyl adjacent to an activating group) is 1. The van der Waals surface area contributed by atoms with Crippen molar-refractivity contribution in [3.05, 3.63) is 18.0 Å². The van der Waals surface area contributed by atoms with Crippen LogP contribution in [0.4, 0.5) is 0 Å². The number of nitrogens with one attached hydrogen (secondary N) is 2. The molecule has 0 aromatic heterocycles. The molecular formula is C11H19N4O2Y-. The molecule has 1 unspecified atom stereocenters. The minimum Gasteiger partial charge on any atom is -0.666 e. The van der Waals surface area contributed by atoms with Crippen molar-refractivity contribution < 1.29 is 42.3 Å². The monoisotopic (exact) mass is 328 g/mol. The van der Waals surface area contributed by atoms with Crippen molar-refractivity contribution in [1.82, 2.24) is 10.2 Å². The van der Waals surface area contributed by atoms with Crippen LogP contribution in [0.25, 0.3) is 5.73 Å². The summed E-state index contributed by atoms with van der Waals surface area (Å²) in [6.45, 7) is 4.02. The summed E-state index contributed by atoms with van der Waals surface area (Å²) < 4.78 is 0. The van der Waals surface area contributed by atoms with E-state index < -0.39 is 12.1 Å². The van der Waals surface area contributed by atoms with Crippen LogP contribution in [0.15, 0.2) is 17.3 Å². The van der Waals surface area contributed by atoms with Gasteiger partial charge in [0, 0.05) is 44.6 Å². The van der Waals surface area contributed by atoms with E-state index in [-0.39, 0.29) is 52.6 Å². The molecule has 0 aliphatic carbocycles. The van der Waals surface area contributed by atoms with Gasteiger partial charge in [-0.3, -0.25) is 15.1 Å². The Balaban J connectivity index is 0. The first-order valence-corrected chi connectivity index (χ1v) is 5.05. The third kappa shape index (κ3) is 5.84. The molecule has 0 saturated carbocycles. The SMILES string of the molecule is C.CCNC1N=C(C)C=CN(CC([NH-])=O)C1=O.[Y]. The number of carbonyl (C=O) groups excluding carboxylic acids is 2. The minimum atomic E-state index is -0.798. The third-order valence-electron chi connectivity index (χ3n) is 2.06. The zero-order chi connectivity index (χ0) is 12.1. The summed E-state index contributed by atoms with van der Waals surface area (Å²) in [4.78, 5) is 28.0.